The van der Waals surface area contributed by atoms with Crippen LogP contribution in [0.5, 0.6) is 0 Å². The van der Waals surface area contributed by atoms with Gasteiger partial charge in [-0.3, -0.25) is 18.9 Å². The Morgan fingerprint density at radius 1 is 1.05 bits per heavy atom. The number of fused-ring (bicyclic) bond motifs is 1. The van der Waals surface area contributed by atoms with Gasteiger partial charge in [-0.1, -0.05) is 25.1 Å². The smallest absolute Gasteiger partial charge is 0.224 e. The van der Waals surface area contributed by atoms with Crippen molar-refractivity contribution in [2.45, 2.75) is 50.1 Å². The highest BCUT2D eigenvalue weighted by atomic mass is 32.3. The SMILES string of the molecule is CCc1ccc2c(c1)[C@@H](NC[C@@H](O)[C@H](Cc1cc(F)cc(F)c1)NC(=O)Cc1ccncc1)CS(O)(O)C2. The largest absolute Gasteiger partial charge is 0.390 e. The Hall–Kier alpha value is -2.89. The maximum Gasteiger partial charge on any atom is 0.224 e. The number of benzene rings is 2. The molecule has 0 saturated heterocycles. The fraction of sp³-hybridized carbons (Fsp3) is 0.357. The molecule has 0 spiro atoms. The van der Waals surface area contributed by atoms with Crippen molar-refractivity contribution in [1.82, 2.24) is 15.6 Å². The molecule has 2 aromatic carbocycles. The molecule has 5 N–H and O–H groups in total. The van der Waals surface area contributed by atoms with E-state index in [1.807, 2.05) is 25.1 Å². The summed E-state index contributed by atoms with van der Waals surface area (Å²) in [7, 11) is -2.85. The normalized spacial score (nSPS) is 18.7. The Kier molecular flexibility index (Phi) is 9.11. The second kappa shape index (κ2) is 12.3. The van der Waals surface area contributed by atoms with E-state index in [9.17, 15) is 27.8 Å². The quantitative estimate of drug-likeness (QED) is 0.262. The minimum Gasteiger partial charge on any atom is -0.390 e. The van der Waals surface area contributed by atoms with E-state index in [0.29, 0.717) is 5.56 Å². The highest BCUT2D eigenvalue weighted by molar-refractivity contribution is 8.23. The number of amides is 1. The van der Waals surface area contributed by atoms with Crippen molar-refractivity contribution in [1.29, 1.82) is 0 Å². The van der Waals surface area contributed by atoms with Gasteiger partial charge in [0.05, 0.1) is 36.1 Å². The molecule has 0 bridgehead atoms. The molecule has 2 heterocycles. The van der Waals surface area contributed by atoms with E-state index in [4.69, 9.17) is 0 Å². The summed E-state index contributed by atoms with van der Waals surface area (Å²) in [6, 6.07) is 11.2. The highest BCUT2D eigenvalue weighted by Gasteiger charge is 2.31. The molecule has 0 fully saturated rings. The van der Waals surface area contributed by atoms with E-state index in [1.165, 1.54) is 12.1 Å². The van der Waals surface area contributed by atoms with E-state index in [1.54, 1.807) is 24.5 Å². The molecule has 0 unspecified atom stereocenters. The number of carbonyl (C=O) groups is 1. The Morgan fingerprint density at radius 2 is 1.76 bits per heavy atom. The van der Waals surface area contributed by atoms with Crippen LogP contribution in [0.25, 0.3) is 0 Å². The van der Waals surface area contributed by atoms with E-state index in [-0.39, 0.29) is 36.8 Å². The average molecular weight is 546 g/mol. The van der Waals surface area contributed by atoms with E-state index in [0.717, 1.165) is 34.7 Å². The second-order valence-electron chi connectivity index (χ2n) is 9.72. The maximum absolute atomic E-state index is 13.8. The van der Waals surface area contributed by atoms with Crippen LogP contribution in [0.3, 0.4) is 0 Å². The van der Waals surface area contributed by atoms with Gasteiger partial charge >= 0.3 is 0 Å². The molecule has 1 aromatic heterocycles. The van der Waals surface area contributed by atoms with Gasteiger partial charge in [0.2, 0.25) is 5.91 Å². The number of carbonyl (C=O) groups excluding carboxylic acids is 1. The number of rotatable bonds is 10. The van der Waals surface area contributed by atoms with E-state index < -0.39 is 40.4 Å². The molecule has 1 aliphatic rings. The van der Waals surface area contributed by atoms with Crippen molar-refractivity contribution >= 4 is 16.5 Å². The lowest BCUT2D eigenvalue weighted by atomic mass is 9.97. The molecule has 1 aliphatic heterocycles. The zero-order valence-electron chi connectivity index (χ0n) is 21.1. The molecule has 38 heavy (non-hydrogen) atoms. The second-order valence-corrected chi connectivity index (χ2v) is 11.9. The van der Waals surface area contributed by atoms with E-state index in [2.05, 4.69) is 15.6 Å². The number of nitrogens with zero attached hydrogens (tertiary/aromatic N) is 1. The highest BCUT2D eigenvalue weighted by Crippen LogP contribution is 2.50. The molecule has 3 atom stereocenters. The van der Waals surface area contributed by atoms with Crippen LogP contribution >= 0.6 is 10.6 Å². The summed E-state index contributed by atoms with van der Waals surface area (Å²) in [4.78, 5) is 16.7. The Morgan fingerprint density at radius 3 is 2.45 bits per heavy atom. The third-order valence-electron chi connectivity index (χ3n) is 6.69. The minimum atomic E-state index is -2.85. The van der Waals surface area contributed by atoms with Crippen LogP contribution in [0.4, 0.5) is 8.78 Å². The van der Waals surface area contributed by atoms with Gasteiger partial charge in [0.1, 0.15) is 11.6 Å². The number of aliphatic hydroxyl groups excluding tert-OH is 1. The summed E-state index contributed by atoms with van der Waals surface area (Å²) in [5.74, 6) is -1.56. The molecule has 1 amide bonds. The first kappa shape index (κ1) is 28.1. The van der Waals surface area contributed by atoms with Crippen molar-refractivity contribution < 1.29 is 27.8 Å². The molecule has 0 aliphatic carbocycles. The zero-order valence-corrected chi connectivity index (χ0v) is 21.9. The van der Waals surface area contributed by atoms with Crippen LogP contribution in [-0.2, 0) is 29.8 Å². The predicted octanol–water partition coefficient (Wildman–Crippen LogP) is 4.15. The summed E-state index contributed by atoms with van der Waals surface area (Å²) in [5.41, 5.74) is 3.94. The van der Waals surface area contributed by atoms with Gasteiger partial charge in [-0.2, -0.15) is 10.6 Å². The lowest BCUT2D eigenvalue weighted by molar-refractivity contribution is -0.122. The summed E-state index contributed by atoms with van der Waals surface area (Å²) >= 11 is 0. The molecule has 7 nitrogen and oxygen atoms in total. The van der Waals surface area contributed by atoms with Crippen molar-refractivity contribution in [3.63, 3.8) is 0 Å². The van der Waals surface area contributed by atoms with Gasteiger partial charge in [-0.05, 0) is 64.9 Å². The minimum absolute atomic E-state index is 0.00393. The van der Waals surface area contributed by atoms with Crippen molar-refractivity contribution in [3.8, 4) is 0 Å². The molecule has 204 valence electrons. The standard InChI is InChI=1S/C28H33F2N3O4S/c1-2-18-3-4-21-16-38(36,37)17-26(24(21)11-18)32-15-27(34)25(12-20-9-22(29)14-23(30)10-20)33-28(35)13-19-5-7-31-8-6-19/h3-11,14,25-27,32,34,36-37H,2,12-13,15-17H2,1H3,(H,33,35)/t25-,26-,27+/m0/s1. The van der Waals surface area contributed by atoms with Gasteiger partial charge in [-0.15, -0.1) is 0 Å². The number of halogens is 2. The van der Waals surface area contributed by atoms with Gasteiger partial charge in [0.25, 0.3) is 0 Å². The molecule has 0 radical (unpaired) electrons. The molecular weight excluding hydrogens is 512 g/mol. The topological polar surface area (TPSA) is 115 Å². The van der Waals surface area contributed by atoms with Gasteiger partial charge < -0.3 is 15.7 Å². The summed E-state index contributed by atoms with van der Waals surface area (Å²) in [6.07, 6.45) is 2.89. The van der Waals surface area contributed by atoms with Crippen LogP contribution in [0.1, 0.15) is 40.8 Å². The molecule has 10 heteroatoms. The van der Waals surface area contributed by atoms with Gasteiger partial charge in [0, 0.05) is 25.0 Å². The third-order valence-corrected chi connectivity index (χ3v) is 8.33. The van der Waals surface area contributed by atoms with Crippen molar-refractivity contribution in [2.24, 2.45) is 0 Å². The first-order chi connectivity index (χ1) is 18.1. The van der Waals surface area contributed by atoms with Gasteiger partial charge in [0.15, 0.2) is 0 Å². The fourth-order valence-corrected chi connectivity index (χ4v) is 6.48. The number of nitrogens with one attached hydrogen (secondary N) is 2. The van der Waals surface area contributed by atoms with Gasteiger partial charge in [-0.25, -0.2) is 8.78 Å². The van der Waals surface area contributed by atoms with Crippen LogP contribution in [0, 0.1) is 11.6 Å². The van der Waals surface area contributed by atoms with Crippen LogP contribution < -0.4 is 10.6 Å². The number of aromatic nitrogens is 1. The number of aliphatic hydroxyl groups is 1. The molecule has 4 rings (SSSR count). The zero-order chi connectivity index (χ0) is 27.3. The van der Waals surface area contributed by atoms with E-state index >= 15 is 0 Å². The summed E-state index contributed by atoms with van der Waals surface area (Å²) in [6.45, 7) is 2.05. The van der Waals surface area contributed by atoms with Crippen LogP contribution in [0.2, 0.25) is 0 Å². The maximum atomic E-state index is 13.8. The lowest BCUT2D eigenvalue weighted by Crippen LogP contribution is -2.50. The van der Waals surface area contributed by atoms with Crippen molar-refractivity contribution in [3.05, 3.63) is 100 Å². The predicted molar refractivity (Wildman–Crippen MR) is 144 cm³/mol. The third kappa shape index (κ3) is 7.58. The fourth-order valence-electron chi connectivity index (χ4n) is 4.77. The summed E-state index contributed by atoms with van der Waals surface area (Å²) < 4.78 is 48.7. The van der Waals surface area contributed by atoms with Crippen LogP contribution in [-0.4, -0.2) is 49.5 Å². The summed E-state index contributed by atoms with van der Waals surface area (Å²) in [5, 5.41) is 17.2. The van der Waals surface area contributed by atoms with Crippen LogP contribution in [0.15, 0.2) is 60.9 Å². The Bertz CT molecular complexity index is 1240. The Labute approximate surface area is 222 Å². The molecular formula is C28H33F2N3O4S. The number of hydrogen-bond donors (Lipinski definition) is 5. The number of aryl methyl sites for hydroxylation is 1. The lowest BCUT2D eigenvalue weighted by Gasteiger charge is -2.42. The number of hydrogen-bond acceptors (Lipinski definition) is 6. The first-order valence-corrected chi connectivity index (χ1v) is 14.4. The average Bonchev–Trinajstić information content (AvgIpc) is 2.86. The monoisotopic (exact) mass is 545 g/mol. The number of pyridine rings is 1. The molecule has 3 aromatic rings. The Balaban J connectivity index is 1.51. The first-order valence-electron chi connectivity index (χ1n) is 12.5. The van der Waals surface area contributed by atoms with Crippen molar-refractivity contribution in [2.75, 3.05) is 12.3 Å². The molecule has 0 saturated carbocycles.